The lowest BCUT2D eigenvalue weighted by Gasteiger charge is -2.05. The molecule has 10 heteroatoms. The van der Waals surface area contributed by atoms with Gasteiger partial charge in [0.2, 0.25) is 0 Å². The van der Waals surface area contributed by atoms with Gasteiger partial charge in [0.1, 0.15) is 5.69 Å². The molecule has 10 nitrogen and oxygen atoms in total. The summed E-state index contributed by atoms with van der Waals surface area (Å²) >= 11 is 0. The van der Waals surface area contributed by atoms with Gasteiger partial charge in [0, 0.05) is 18.7 Å². The summed E-state index contributed by atoms with van der Waals surface area (Å²) in [6.07, 6.45) is 1.10. The van der Waals surface area contributed by atoms with Crippen LogP contribution in [-0.2, 0) is 9.53 Å². The van der Waals surface area contributed by atoms with Crippen molar-refractivity contribution in [3.8, 4) is 0 Å². The number of nitrogens with one attached hydrogen (secondary N) is 1. The third-order valence-electron chi connectivity index (χ3n) is 2.74. The van der Waals surface area contributed by atoms with E-state index in [0.29, 0.717) is 18.6 Å². The molecule has 0 aromatic heterocycles. The van der Waals surface area contributed by atoms with Crippen molar-refractivity contribution in [1.29, 1.82) is 0 Å². The zero-order valence-corrected chi connectivity index (χ0v) is 12.6. The average molecular weight is 324 g/mol. The van der Waals surface area contributed by atoms with E-state index in [-0.39, 0.29) is 24.0 Å². The largest absolute Gasteiger partial charge is 0.466 e. The molecule has 1 aromatic rings. The van der Waals surface area contributed by atoms with Gasteiger partial charge in [-0.05, 0) is 25.8 Å². The second kappa shape index (κ2) is 8.41. The van der Waals surface area contributed by atoms with Crippen molar-refractivity contribution in [1.82, 2.24) is 0 Å². The maximum atomic E-state index is 11.0. The number of anilines is 1. The fourth-order valence-corrected chi connectivity index (χ4v) is 1.63. The molecule has 0 spiro atoms. The van der Waals surface area contributed by atoms with E-state index in [1.54, 1.807) is 6.92 Å². The van der Waals surface area contributed by atoms with E-state index in [4.69, 9.17) is 4.74 Å². The second-order valence-corrected chi connectivity index (χ2v) is 4.62. The van der Waals surface area contributed by atoms with Crippen molar-refractivity contribution >= 4 is 28.7 Å². The lowest BCUT2D eigenvalue weighted by Crippen LogP contribution is -2.04. The maximum absolute atomic E-state index is 11.0. The van der Waals surface area contributed by atoms with E-state index in [2.05, 4.69) is 10.5 Å². The predicted molar refractivity (Wildman–Crippen MR) is 82.3 cm³/mol. The van der Waals surface area contributed by atoms with Gasteiger partial charge in [0.15, 0.2) is 0 Å². The highest BCUT2D eigenvalue weighted by atomic mass is 16.6. The Morgan fingerprint density at radius 1 is 1.26 bits per heavy atom. The number of hydrogen-bond donors (Lipinski definition) is 1. The third-order valence-corrected chi connectivity index (χ3v) is 2.74. The fraction of sp³-hybridized carbons (Fsp3) is 0.385. The van der Waals surface area contributed by atoms with Gasteiger partial charge < -0.3 is 4.74 Å². The van der Waals surface area contributed by atoms with Crippen LogP contribution in [-0.4, -0.2) is 28.1 Å². The number of benzene rings is 1. The Balaban J connectivity index is 2.72. The Labute approximate surface area is 131 Å². The minimum atomic E-state index is -0.721. The molecule has 0 atom stereocenters. The molecule has 23 heavy (non-hydrogen) atoms. The molecule has 0 amide bonds. The summed E-state index contributed by atoms with van der Waals surface area (Å²) in [6.45, 7) is 3.29. The number of carbonyl (C=O) groups excluding carboxylic acids is 1. The first-order valence-corrected chi connectivity index (χ1v) is 6.66. The van der Waals surface area contributed by atoms with E-state index in [0.717, 1.165) is 12.1 Å². The van der Waals surface area contributed by atoms with Crippen LogP contribution in [0.25, 0.3) is 0 Å². The molecular formula is C13H16N4O6. The first-order chi connectivity index (χ1) is 10.8. The lowest BCUT2D eigenvalue weighted by molar-refractivity contribution is -0.393. The number of esters is 1. The Bertz CT molecular complexity index is 643. The van der Waals surface area contributed by atoms with Crippen LogP contribution in [0.2, 0.25) is 0 Å². The van der Waals surface area contributed by atoms with Crippen LogP contribution in [0.3, 0.4) is 0 Å². The lowest BCUT2D eigenvalue weighted by atomic mass is 10.2. The van der Waals surface area contributed by atoms with Gasteiger partial charge in [-0.15, -0.1) is 0 Å². The molecule has 124 valence electrons. The number of rotatable bonds is 8. The summed E-state index contributed by atoms with van der Waals surface area (Å²) in [5, 5.41) is 25.6. The Kier molecular flexibility index (Phi) is 6.59. The molecule has 1 N–H and O–H groups in total. The van der Waals surface area contributed by atoms with Gasteiger partial charge in [-0.3, -0.25) is 30.4 Å². The minimum Gasteiger partial charge on any atom is -0.466 e. The van der Waals surface area contributed by atoms with Gasteiger partial charge in [-0.2, -0.15) is 5.10 Å². The minimum absolute atomic E-state index is 0.0555. The van der Waals surface area contributed by atoms with Crippen molar-refractivity contribution in [2.24, 2.45) is 5.10 Å². The molecule has 0 heterocycles. The number of non-ortho nitro benzene ring substituents is 1. The van der Waals surface area contributed by atoms with Crippen molar-refractivity contribution in [2.45, 2.75) is 26.7 Å². The highest BCUT2D eigenvalue weighted by Gasteiger charge is 2.19. The summed E-state index contributed by atoms with van der Waals surface area (Å²) < 4.78 is 4.77. The highest BCUT2D eigenvalue weighted by Crippen LogP contribution is 2.28. The number of hydrazone groups is 1. The van der Waals surface area contributed by atoms with Crippen LogP contribution in [0.4, 0.5) is 17.1 Å². The van der Waals surface area contributed by atoms with Crippen LogP contribution in [0.1, 0.15) is 26.7 Å². The predicted octanol–water partition coefficient (Wildman–Crippen LogP) is 2.63. The number of nitrogens with zero attached hydrogens (tertiary/aromatic N) is 3. The van der Waals surface area contributed by atoms with Gasteiger partial charge in [-0.1, -0.05) is 0 Å². The van der Waals surface area contributed by atoms with E-state index in [1.165, 1.54) is 13.0 Å². The summed E-state index contributed by atoms with van der Waals surface area (Å²) in [7, 11) is 0. The van der Waals surface area contributed by atoms with Crippen LogP contribution in [0.15, 0.2) is 23.3 Å². The van der Waals surface area contributed by atoms with E-state index >= 15 is 0 Å². The van der Waals surface area contributed by atoms with Crippen molar-refractivity contribution < 1.29 is 19.4 Å². The summed E-state index contributed by atoms with van der Waals surface area (Å²) in [4.78, 5) is 30.8. The second-order valence-electron chi connectivity index (χ2n) is 4.62. The topological polar surface area (TPSA) is 137 Å². The molecule has 0 saturated heterocycles. The van der Waals surface area contributed by atoms with Crippen LogP contribution in [0, 0.1) is 20.2 Å². The highest BCUT2D eigenvalue weighted by molar-refractivity contribution is 5.83. The normalized spacial score (nSPS) is 11.0. The number of hydrogen-bond acceptors (Lipinski definition) is 8. The number of nitro benzene ring substituents is 2. The van der Waals surface area contributed by atoms with Crippen LogP contribution >= 0.6 is 0 Å². The molecule has 0 radical (unpaired) electrons. The molecule has 0 saturated carbocycles. The van der Waals surface area contributed by atoms with Crippen molar-refractivity contribution in [3.63, 3.8) is 0 Å². The summed E-state index contributed by atoms with van der Waals surface area (Å²) in [5.74, 6) is -0.362. The SMILES string of the molecule is CC(=O)OCCC/C(C)=N/Nc1ccc([N+](=O)[O-])cc1[N+](=O)[O-]. The van der Waals surface area contributed by atoms with E-state index in [1.807, 2.05) is 0 Å². The first kappa shape index (κ1) is 18.0. The quantitative estimate of drug-likeness (QED) is 0.255. The molecule has 0 aliphatic heterocycles. The standard InChI is InChI=1S/C13H16N4O6/c1-9(4-3-7-23-10(2)18)14-15-12-6-5-11(16(19)20)8-13(12)17(21)22/h5-6,8,15H,3-4,7H2,1-2H3/b14-9+. The third kappa shape index (κ3) is 6.08. The zero-order valence-electron chi connectivity index (χ0n) is 12.6. The van der Waals surface area contributed by atoms with Gasteiger partial charge in [-0.25, -0.2) is 0 Å². The van der Waals surface area contributed by atoms with Crippen LogP contribution in [0.5, 0.6) is 0 Å². The molecule has 0 aliphatic carbocycles. The molecule has 0 bridgehead atoms. The number of nitro groups is 2. The Hall–Kier alpha value is -3.04. The smallest absolute Gasteiger partial charge is 0.302 e. The molecule has 1 aromatic carbocycles. The van der Waals surface area contributed by atoms with Crippen LogP contribution < -0.4 is 5.43 Å². The van der Waals surface area contributed by atoms with Crippen molar-refractivity contribution in [3.05, 3.63) is 38.4 Å². The number of ether oxygens (including phenoxy) is 1. The van der Waals surface area contributed by atoms with E-state index in [9.17, 15) is 25.0 Å². The zero-order chi connectivity index (χ0) is 17.4. The monoisotopic (exact) mass is 324 g/mol. The van der Waals surface area contributed by atoms with Crippen molar-refractivity contribution in [2.75, 3.05) is 12.0 Å². The molecule has 0 aliphatic rings. The molecule has 1 rings (SSSR count). The van der Waals surface area contributed by atoms with E-state index < -0.39 is 15.5 Å². The van der Waals surface area contributed by atoms with Gasteiger partial charge in [0.25, 0.3) is 5.69 Å². The summed E-state index contributed by atoms with van der Waals surface area (Å²) in [5.41, 5.74) is 2.42. The van der Waals surface area contributed by atoms with Gasteiger partial charge in [0.05, 0.1) is 22.5 Å². The van der Waals surface area contributed by atoms with Gasteiger partial charge >= 0.3 is 11.7 Å². The summed E-state index contributed by atoms with van der Waals surface area (Å²) in [6, 6.07) is 3.25. The number of carbonyl (C=O) groups is 1. The Morgan fingerprint density at radius 2 is 1.96 bits per heavy atom. The Morgan fingerprint density at radius 3 is 2.52 bits per heavy atom. The molecule has 0 unspecified atom stereocenters. The maximum Gasteiger partial charge on any atom is 0.302 e. The molecular weight excluding hydrogens is 308 g/mol. The average Bonchev–Trinajstić information content (AvgIpc) is 2.48. The first-order valence-electron chi connectivity index (χ1n) is 6.66. The fourth-order valence-electron chi connectivity index (χ4n) is 1.63. The molecule has 0 fully saturated rings.